The van der Waals surface area contributed by atoms with Crippen molar-refractivity contribution in [1.82, 2.24) is 0 Å². The summed E-state index contributed by atoms with van der Waals surface area (Å²) in [5.74, 6) is 0.474. The van der Waals surface area contributed by atoms with Gasteiger partial charge in [-0.1, -0.05) is 64.0 Å². The maximum Gasteiger partial charge on any atom is 0.305 e. The number of para-hydroxylation sites is 2. The lowest BCUT2D eigenvalue weighted by atomic mass is 10.1. The summed E-state index contributed by atoms with van der Waals surface area (Å²) in [6.07, 6.45) is 11.7. The van der Waals surface area contributed by atoms with Gasteiger partial charge in [0.25, 0.3) is 0 Å². The molecule has 1 aromatic rings. The zero-order valence-electron chi connectivity index (χ0n) is 17.7. The van der Waals surface area contributed by atoms with Crippen molar-refractivity contribution in [3.63, 3.8) is 0 Å². The van der Waals surface area contributed by atoms with Gasteiger partial charge < -0.3 is 14.4 Å². The lowest BCUT2D eigenvalue weighted by Gasteiger charge is -2.21. The second-order valence-corrected chi connectivity index (χ2v) is 7.00. The Bertz CT molecular complexity index is 547. The van der Waals surface area contributed by atoms with Crippen LogP contribution in [0, 0.1) is 0 Å². The highest BCUT2D eigenvalue weighted by molar-refractivity contribution is 5.78. The fourth-order valence-electron chi connectivity index (χ4n) is 3.09. The van der Waals surface area contributed by atoms with E-state index in [1.807, 2.05) is 24.3 Å². The summed E-state index contributed by atoms with van der Waals surface area (Å²) in [4.78, 5) is 24.7. The second kappa shape index (κ2) is 16.0. The summed E-state index contributed by atoms with van der Waals surface area (Å²) >= 11 is 0. The Morgan fingerprint density at radius 1 is 0.964 bits per heavy atom. The zero-order valence-corrected chi connectivity index (χ0v) is 17.7. The van der Waals surface area contributed by atoms with Crippen LogP contribution in [0.5, 0.6) is 5.75 Å². The van der Waals surface area contributed by atoms with E-state index in [1.165, 1.54) is 38.5 Å². The highest BCUT2D eigenvalue weighted by Gasteiger charge is 2.11. The Kier molecular flexibility index (Phi) is 13.7. The number of unbranched alkanes of at least 4 members (excludes halogenated alkanes) is 7. The van der Waals surface area contributed by atoms with Crippen LogP contribution in [0.1, 0.15) is 78.1 Å². The van der Waals surface area contributed by atoms with Crippen molar-refractivity contribution >= 4 is 18.1 Å². The van der Waals surface area contributed by atoms with Crippen LogP contribution in [0.25, 0.3) is 0 Å². The van der Waals surface area contributed by atoms with Crippen LogP contribution in [0.4, 0.5) is 5.69 Å². The largest absolute Gasteiger partial charge is 0.491 e. The number of hydrogen-bond acceptors (Lipinski definition) is 4. The summed E-state index contributed by atoms with van der Waals surface area (Å²) in [5.41, 5.74) is 0.789. The molecule has 1 amide bonds. The van der Waals surface area contributed by atoms with Crippen LogP contribution >= 0.6 is 0 Å². The molecule has 0 aliphatic heterocycles. The number of rotatable bonds is 17. The Morgan fingerprint density at radius 2 is 1.64 bits per heavy atom. The van der Waals surface area contributed by atoms with E-state index in [0.717, 1.165) is 24.9 Å². The Labute approximate surface area is 170 Å². The van der Waals surface area contributed by atoms with Crippen LogP contribution in [0.15, 0.2) is 24.3 Å². The van der Waals surface area contributed by atoms with Crippen molar-refractivity contribution in [3.05, 3.63) is 24.3 Å². The van der Waals surface area contributed by atoms with Gasteiger partial charge in [-0.25, -0.2) is 0 Å². The maximum absolute atomic E-state index is 11.6. The molecule has 0 heterocycles. The van der Waals surface area contributed by atoms with Gasteiger partial charge in [-0.15, -0.1) is 0 Å². The summed E-state index contributed by atoms with van der Waals surface area (Å²) < 4.78 is 10.7. The van der Waals surface area contributed by atoms with Crippen LogP contribution in [0.3, 0.4) is 0 Å². The standard InChI is InChI=1S/C23H37NO4/c1-3-5-6-7-8-9-10-13-18-24(20-25)21-15-11-12-16-22(21)28-19-14-17-23(26)27-4-2/h11-12,15-16,20H,3-10,13-14,17-19H2,1-2H3. The molecule has 5 heteroatoms. The SMILES string of the molecule is CCCCCCCCCCN(C=O)c1ccccc1OCCCC(=O)OCC. The molecule has 28 heavy (non-hydrogen) atoms. The molecule has 5 nitrogen and oxygen atoms in total. The van der Waals surface area contributed by atoms with Crippen molar-refractivity contribution < 1.29 is 19.1 Å². The fraction of sp³-hybridized carbons (Fsp3) is 0.652. The molecule has 158 valence electrons. The third-order valence-corrected chi connectivity index (χ3v) is 4.64. The minimum Gasteiger partial charge on any atom is -0.491 e. The van der Waals surface area contributed by atoms with Gasteiger partial charge in [0.05, 0.1) is 18.9 Å². The predicted octanol–water partition coefficient (Wildman–Crippen LogP) is 5.51. The van der Waals surface area contributed by atoms with E-state index >= 15 is 0 Å². The van der Waals surface area contributed by atoms with Crippen LogP contribution in [0.2, 0.25) is 0 Å². The molecule has 0 spiro atoms. The Morgan fingerprint density at radius 3 is 2.32 bits per heavy atom. The molecule has 0 aromatic heterocycles. The zero-order chi connectivity index (χ0) is 20.5. The third kappa shape index (κ3) is 10.3. The second-order valence-electron chi connectivity index (χ2n) is 7.00. The monoisotopic (exact) mass is 391 g/mol. The summed E-state index contributed by atoms with van der Waals surface area (Å²) in [7, 11) is 0. The average Bonchev–Trinajstić information content (AvgIpc) is 2.71. The first kappa shape index (κ1) is 24.0. The number of anilines is 1. The van der Waals surface area contributed by atoms with Gasteiger partial charge in [0.2, 0.25) is 6.41 Å². The maximum atomic E-state index is 11.6. The van der Waals surface area contributed by atoms with E-state index in [1.54, 1.807) is 11.8 Å². The molecule has 1 rings (SSSR count). The predicted molar refractivity (Wildman–Crippen MR) is 114 cm³/mol. The smallest absolute Gasteiger partial charge is 0.305 e. The van der Waals surface area contributed by atoms with Gasteiger partial charge in [-0.2, -0.15) is 0 Å². The van der Waals surface area contributed by atoms with E-state index in [2.05, 4.69) is 6.92 Å². The number of nitrogens with zero attached hydrogens (tertiary/aromatic N) is 1. The molecule has 0 saturated heterocycles. The number of esters is 1. The van der Waals surface area contributed by atoms with Gasteiger partial charge >= 0.3 is 5.97 Å². The van der Waals surface area contributed by atoms with Crippen molar-refractivity contribution in [2.45, 2.75) is 78.1 Å². The molecule has 0 N–H and O–H groups in total. The van der Waals surface area contributed by atoms with Gasteiger partial charge in [0.1, 0.15) is 5.75 Å². The first-order valence-corrected chi connectivity index (χ1v) is 10.8. The third-order valence-electron chi connectivity index (χ3n) is 4.64. The summed E-state index contributed by atoms with van der Waals surface area (Å²) in [5, 5.41) is 0. The van der Waals surface area contributed by atoms with Gasteiger partial charge in [0, 0.05) is 13.0 Å². The van der Waals surface area contributed by atoms with Crippen LogP contribution in [-0.4, -0.2) is 32.1 Å². The number of ether oxygens (including phenoxy) is 2. The van der Waals surface area contributed by atoms with E-state index in [-0.39, 0.29) is 5.97 Å². The molecular formula is C23H37NO4. The first-order chi connectivity index (χ1) is 13.7. The normalized spacial score (nSPS) is 10.5. The quantitative estimate of drug-likeness (QED) is 0.199. The molecule has 0 radical (unpaired) electrons. The topological polar surface area (TPSA) is 55.8 Å². The lowest BCUT2D eigenvalue weighted by molar-refractivity contribution is -0.143. The van der Waals surface area contributed by atoms with Crippen LogP contribution < -0.4 is 9.64 Å². The van der Waals surface area contributed by atoms with E-state index < -0.39 is 0 Å². The first-order valence-electron chi connectivity index (χ1n) is 10.8. The van der Waals surface area contributed by atoms with Gasteiger partial charge in [-0.3, -0.25) is 9.59 Å². The molecule has 0 fully saturated rings. The molecule has 0 unspecified atom stereocenters. The fourth-order valence-corrected chi connectivity index (χ4v) is 3.09. The van der Waals surface area contributed by atoms with Crippen molar-refractivity contribution in [1.29, 1.82) is 0 Å². The average molecular weight is 392 g/mol. The number of amides is 1. The van der Waals surface area contributed by atoms with E-state index in [4.69, 9.17) is 9.47 Å². The number of carbonyl (C=O) groups is 2. The molecule has 0 aliphatic rings. The van der Waals surface area contributed by atoms with Crippen molar-refractivity contribution in [2.75, 3.05) is 24.7 Å². The molecule has 1 aromatic carbocycles. The molecule has 0 bridgehead atoms. The highest BCUT2D eigenvalue weighted by Crippen LogP contribution is 2.27. The van der Waals surface area contributed by atoms with Gasteiger partial charge in [0.15, 0.2) is 0 Å². The van der Waals surface area contributed by atoms with Crippen molar-refractivity contribution in [3.8, 4) is 5.75 Å². The Hall–Kier alpha value is -2.04. The summed E-state index contributed by atoms with van der Waals surface area (Å²) in [6, 6.07) is 7.57. The van der Waals surface area contributed by atoms with Gasteiger partial charge in [-0.05, 0) is 31.9 Å². The molecule has 0 aliphatic carbocycles. The number of hydrogen-bond donors (Lipinski definition) is 0. The summed E-state index contributed by atoms with van der Waals surface area (Å²) in [6.45, 7) is 5.54. The minimum absolute atomic E-state index is 0.205. The minimum atomic E-state index is -0.205. The number of benzene rings is 1. The number of carbonyl (C=O) groups excluding carboxylic acids is 2. The van der Waals surface area contributed by atoms with E-state index in [9.17, 15) is 9.59 Å². The molecule has 0 saturated carbocycles. The van der Waals surface area contributed by atoms with Crippen LogP contribution in [-0.2, 0) is 14.3 Å². The highest BCUT2D eigenvalue weighted by atomic mass is 16.5. The molecular weight excluding hydrogens is 354 g/mol. The van der Waals surface area contributed by atoms with E-state index in [0.29, 0.717) is 38.3 Å². The van der Waals surface area contributed by atoms with Crippen molar-refractivity contribution in [2.24, 2.45) is 0 Å². The molecule has 0 atom stereocenters. The lowest BCUT2D eigenvalue weighted by Crippen LogP contribution is -2.23. The Balaban J connectivity index is 2.38.